The summed E-state index contributed by atoms with van der Waals surface area (Å²) >= 11 is 3.37. The Bertz CT molecular complexity index is 710. The predicted octanol–water partition coefficient (Wildman–Crippen LogP) is 3.13. The van der Waals surface area contributed by atoms with E-state index in [9.17, 15) is 9.59 Å². The van der Waals surface area contributed by atoms with Gasteiger partial charge in [0.05, 0.1) is 5.56 Å². The first kappa shape index (κ1) is 16.5. The predicted molar refractivity (Wildman–Crippen MR) is 91.1 cm³/mol. The fourth-order valence-electron chi connectivity index (χ4n) is 2.25. The second-order valence-electron chi connectivity index (χ2n) is 5.10. The molecule has 0 radical (unpaired) electrons. The Kier molecular flexibility index (Phi) is 5.95. The molecule has 5 heteroatoms. The molecule has 0 spiro atoms. The number of carbonyl (C=O) groups is 1. The van der Waals surface area contributed by atoms with Crippen molar-refractivity contribution in [2.45, 2.75) is 26.3 Å². The molecule has 1 heterocycles. The average molecular weight is 363 g/mol. The summed E-state index contributed by atoms with van der Waals surface area (Å²) in [5, 5.41) is 2.90. The molecule has 0 aliphatic carbocycles. The zero-order valence-corrected chi connectivity index (χ0v) is 14.1. The summed E-state index contributed by atoms with van der Waals surface area (Å²) < 4.78 is 2.55. The van der Waals surface area contributed by atoms with Crippen LogP contribution in [-0.4, -0.2) is 17.0 Å². The molecule has 22 heavy (non-hydrogen) atoms. The van der Waals surface area contributed by atoms with Crippen molar-refractivity contribution in [2.24, 2.45) is 0 Å². The number of halogens is 1. The van der Waals surface area contributed by atoms with Gasteiger partial charge in [-0.2, -0.15) is 0 Å². The molecule has 0 unspecified atom stereocenters. The van der Waals surface area contributed by atoms with Crippen molar-refractivity contribution < 1.29 is 4.79 Å². The van der Waals surface area contributed by atoms with Gasteiger partial charge in [-0.1, -0.05) is 18.2 Å². The van der Waals surface area contributed by atoms with Gasteiger partial charge in [0.15, 0.2) is 0 Å². The van der Waals surface area contributed by atoms with Crippen LogP contribution in [0.1, 0.15) is 28.9 Å². The smallest absolute Gasteiger partial charge is 0.252 e. The quantitative estimate of drug-likeness (QED) is 0.802. The van der Waals surface area contributed by atoms with E-state index < -0.39 is 0 Å². The van der Waals surface area contributed by atoms with Crippen LogP contribution in [0.2, 0.25) is 0 Å². The highest BCUT2D eigenvalue weighted by molar-refractivity contribution is 9.10. The fraction of sp³-hybridized carbons (Fsp3) is 0.294. The van der Waals surface area contributed by atoms with Crippen molar-refractivity contribution in [1.82, 2.24) is 9.88 Å². The first-order valence-corrected chi connectivity index (χ1v) is 8.08. The molecule has 0 bridgehead atoms. The normalized spacial score (nSPS) is 10.5. The number of aromatic nitrogens is 1. The van der Waals surface area contributed by atoms with E-state index in [0.29, 0.717) is 18.7 Å². The van der Waals surface area contributed by atoms with Gasteiger partial charge in [-0.05, 0) is 53.9 Å². The first-order chi connectivity index (χ1) is 10.6. The summed E-state index contributed by atoms with van der Waals surface area (Å²) in [5.41, 5.74) is 1.62. The van der Waals surface area contributed by atoms with Gasteiger partial charge in [-0.3, -0.25) is 9.59 Å². The Balaban J connectivity index is 1.77. The molecule has 0 saturated carbocycles. The number of aryl methyl sites for hydroxylation is 1. The van der Waals surface area contributed by atoms with E-state index in [-0.39, 0.29) is 11.5 Å². The number of unbranched alkanes of at least 4 members (excludes halogenated alkanes) is 1. The highest BCUT2D eigenvalue weighted by Gasteiger charge is 2.07. The lowest BCUT2D eigenvalue weighted by Crippen LogP contribution is -2.26. The monoisotopic (exact) mass is 362 g/mol. The molecule has 1 N–H and O–H groups in total. The number of pyridine rings is 1. The highest BCUT2D eigenvalue weighted by atomic mass is 79.9. The molecule has 0 saturated heterocycles. The Morgan fingerprint density at radius 3 is 2.64 bits per heavy atom. The van der Waals surface area contributed by atoms with Gasteiger partial charge in [-0.15, -0.1) is 0 Å². The van der Waals surface area contributed by atoms with Crippen molar-refractivity contribution >= 4 is 21.8 Å². The Morgan fingerprint density at radius 2 is 1.91 bits per heavy atom. The van der Waals surface area contributed by atoms with Crippen LogP contribution in [0, 0.1) is 6.92 Å². The van der Waals surface area contributed by atoms with Gasteiger partial charge in [0, 0.05) is 29.3 Å². The molecule has 0 aliphatic heterocycles. The highest BCUT2D eigenvalue weighted by Crippen LogP contribution is 2.15. The minimum absolute atomic E-state index is 0.0252. The number of amides is 1. The van der Waals surface area contributed by atoms with E-state index in [1.807, 2.05) is 31.2 Å². The van der Waals surface area contributed by atoms with E-state index in [4.69, 9.17) is 0 Å². The van der Waals surface area contributed by atoms with E-state index >= 15 is 0 Å². The number of hydrogen-bond donors (Lipinski definition) is 1. The van der Waals surface area contributed by atoms with Crippen LogP contribution < -0.4 is 10.9 Å². The summed E-state index contributed by atoms with van der Waals surface area (Å²) in [6.45, 7) is 3.20. The molecule has 2 rings (SSSR count). The molecule has 1 aromatic carbocycles. The van der Waals surface area contributed by atoms with Gasteiger partial charge in [0.25, 0.3) is 11.5 Å². The van der Waals surface area contributed by atoms with Crippen molar-refractivity contribution in [3.8, 4) is 0 Å². The van der Waals surface area contributed by atoms with E-state index in [1.165, 1.54) is 0 Å². The molecule has 2 aromatic rings. The first-order valence-electron chi connectivity index (χ1n) is 7.29. The van der Waals surface area contributed by atoms with Crippen molar-refractivity contribution in [3.63, 3.8) is 0 Å². The second-order valence-corrected chi connectivity index (χ2v) is 5.95. The maximum Gasteiger partial charge on any atom is 0.252 e. The van der Waals surface area contributed by atoms with Gasteiger partial charge < -0.3 is 9.88 Å². The lowest BCUT2D eigenvalue weighted by atomic mass is 10.2. The number of nitrogens with zero attached hydrogens (tertiary/aromatic N) is 1. The van der Waals surface area contributed by atoms with Gasteiger partial charge >= 0.3 is 0 Å². The third-order valence-electron chi connectivity index (χ3n) is 3.48. The standard InChI is InChI=1S/C17H19BrN2O2/c1-13-7-6-10-16(21)20(13)12-5-4-11-19-17(22)14-8-2-3-9-15(14)18/h2-3,6-10H,4-5,11-12H2,1H3,(H,19,22). The summed E-state index contributed by atoms with van der Waals surface area (Å²) in [5.74, 6) is -0.0828. The summed E-state index contributed by atoms with van der Waals surface area (Å²) in [6, 6.07) is 12.6. The molecule has 0 fully saturated rings. The van der Waals surface area contributed by atoms with E-state index in [1.54, 1.807) is 22.8 Å². The molecule has 1 aromatic heterocycles. The molecule has 4 nitrogen and oxygen atoms in total. The lowest BCUT2D eigenvalue weighted by Gasteiger charge is -2.10. The maximum absolute atomic E-state index is 12.0. The zero-order valence-electron chi connectivity index (χ0n) is 12.5. The maximum atomic E-state index is 12.0. The zero-order chi connectivity index (χ0) is 15.9. The molecular formula is C17H19BrN2O2. The van der Waals surface area contributed by atoms with Gasteiger partial charge in [-0.25, -0.2) is 0 Å². The van der Waals surface area contributed by atoms with Crippen LogP contribution in [0.25, 0.3) is 0 Å². The topological polar surface area (TPSA) is 51.1 Å². The van der Waals surface area contributed by atoms with Gasteiger partial charge in [0.2, 0.25) is 0 Å². The number of hydrogen-bond acceptors (Lipinski definition) is 2. The molecular weight excluding hydrogens is 344 g/mol. The van der Waals surface area contributed by atoms with Crippen LogP contribution >= 0.6 is 15.9 Å². The SMILES string of the molecule is Cc1cccc(=O)n1CCCCNC(=O)c1ccccc1Br. The van der Waals surface area contributed by atoms with Crippen LogP contribution in [0.3, 0.4) is 0 Å². The molecule has 0 atom stereocenters. The van der Waals surface area contributed by atoms with Crippen LogP contribution in [0.15, 0.2) is 51.7 Å². The number of benzene rings is 1. The summed E-state index contributed by atoms with van der Waals surface area (Å²) in [4.78, 5) is 23.7. The van der Waals surface area contributed by atoms with Crippen LogP contribution in [0.5, 0.6) is 0 Å². The fourth-order valence-corrected chi connectivity index (χ4v) is 2.71. The summed E-state index contributed by atoms with van der Waals surface area (Å²) in [7, 11) is 0. The van der Waals surface area contributed by atoms with E-state index in [0.717, 1.165) is 23.0 Å². The van der Waals surface area contributed by atoms with Crippen molar-refractivity contribution in [2.75, 3.05) is 6.54 Å². The third-order valence-corrected chi connectivity index (χ3v) is 4.17. The van der Waals surface area contributed by atoms with Crippen LogP contribution in [0.4, 0.5) is 0 Å². The largest absolute Gasteiger partial charge is 0.352 e. The molecule has 0 aliphatic rings. The van der Waals surface area contributed by atoms with Crippen molar-refractivity contribution in [3.05, 3.63) is 68.5 Å². The minimum Gasteiger partial charge on any atom is -0.352 e. The van der Waals surface area contributed by atoms with Gasteiger partial charge in [0.1, 0.15) is 0 Å². The minimum atomic E-state index is -0.0828. The Labute approximate surface area is 138 Å². The Hall–Kier alpha value is -1.88. The number of nitrogens with one attached hydrogen (secondary N) is 1. The number of rotatable bonds is 6. The molecule has 1 amide bonds. The van der Waals surface area contributed by atoms with Crippen molar-refractivity contribution in [1.29, 1.82) is 0 Å². The average Bonchev–Trinajstić information content (AvgIpc) is 2.49. The lowest BCUT2D eigenvalue weighted by molar-refractivity contribution is 0.0952. The second kappa shape index (κ2) is 7.94. The Morgan fingerprint density at radius 1 is 1.14 bits per heavy atom. The van der Waals surface area contributed by atoms with E-state index in [2.05, 4.69) is 21.2 Å². The molecule has 116 valence electrons. The van der Waals surface area contributed by atoms with Crippen LogP contribution in [-0.2, 0) is 6.54 Å². The summed E-state index contributed by atoms with van der Waals surface area (Å²) in [6.07, 6.45) is 1.68. The number of carbonyl (C=O) groups excluding carboxylic acids is 1. The third kappa shape index (κ3) is 4.31.